The van der Waals surface area contributed by atoms with E-state index >= 15 is 0 Å². The molecule has 0 fully saturated rings. The maximum Gasteiger partial charge on any atom is 0.229 e. The number of carbonyl (C=O) groups excluding carboxylic acids is 4. The molecule has 50 heavy (non-hydrogen) atoms. The van der Waals surface area contributed by atoms with E-state index in [4.69, 9.17) is 0 Å². The summed E-state index contributed by atoms with van der Waals surface area (Å²) in [7, 11) is 3.75. The molecule has 292 valence electrons. The quantitative estimate of drug-likeness (QED) is 0.0466. The van der Waals surface area contributed by atoms with E-state index < -0.39 is 17.7 Å². The molecule has 7 heteroatoms. The number of amides is 4. The van der Waals surface area contributed by atoms with E-state index in [1.807, 2.05) is 14.1 Å². The molecule has 1 unspecified atom stereocenters. The number of nitrogens with one attached hydrogen (secondary N) is 3. The van der Waals surface area contributed by atoms with Crippen molar-refractivity contribution in [1.29, 1.82) is 0 Å². The molecule has 0 saturated heterocycles. The highest BCUT2D eigenvalue weighted by Crippen LogP contribution is 2.12. The van der Waals surface area contributed by atoms with Crippen LogP contribution in [-0.4, -0.2) is 37.7 Å². The van der Waals surface area contributed by atoms with Crippen LogP contribution < -0.4 is 16.0 Å². The van der Waals surface area contributed by atoms with Crippen molar-refractivity contribution < 1.29 is 19.2 Å². The minimum atomic E-state index is -0.666. The molecule has 7 nitrogen and oxygen atoms in total. The van der Waals surface area contributed by atoms with Crippen LogP contribution in [0, 0.1) is 5.92 Å². The highest BCUT2D eigenvalue weighted by Gasteiger charge is 2.20. The molecule has 0 heterocycles. The van der Waals surface area contributed by atoms with E-state index in [-0.39, 0.29) is 18.2 Å². The second-order valence-electron chi connectivity index (χ2n) is 14.2. The molecule has 0 rings (SSSR count). The van der Waals surface area contributed by atoms with E-state index in [1.165, 1.54) is 103 Å². The summed E-state index contributed by atoms with van der Waals surface area (Å²) in [6, 6.07) is 0. The summed E-state index contributed by atoms with van der Waals surface area (Å²) in [6.07, 6.45) is 40.8. The monoisotopic (exact) mass is 704 g/mol. The van der Waals surface area contributed by atoms with Crippen LogP contribution in [-0.2, 0) is 19.2 Å². The Labute approximate surface area is 309 Å². The fraction of sp³-hybridized carbons (Fsp3) is 0.814. The molecule has 1 atom stereocenters. The number of imide groups is 2. The van der Waals surface area contributed by atoms with Crippen LogP contribution in [0.1, 0.15) is 207 Å². The van der Waals surface area contributed by atoms with Crippen molar-refractivity contribution in [2.75, 3.05) is 14.1 Å². The van der Waals surface area contributed by atoms with E-state index in [1.54, 1.807) is 6.92 Å². The predicted octanol–water partition coefficient (Wildman–Crippen LogP) is 11.2. The van der Waals surface area contributed by atoms with Crippen molar-refractivity contribution in [3.63, 3.8) is 0 Å². The smallest absolute Gasteiger partial charge is 0.229 e. The zero-order valence-corrected chi connectivity index (χ0v) is 33.5. The Morgan fingerprint density at radius 3 is 1.10 bits per heavy atom. The molecular formula is C43H81N3O4. The van der Waals surface area contributed by atoms with E-state index in [0.29, 0.717) is 12.8 Å². The number of rotatable bonds is 33. The first-order chi connectivity index (χ1) is 24.3. The van der Waals surface area contributed by atoms with Gasteiger partial charge in [0.25, 0.3) is 0 Å². The molecular weight excluding hydrogens is 622 g/mol. The minimum absolute atomic E-state index is 0.107. The van der Waals surface area contributed by atoms with Crippen LogP contribution in [0.5, 0.6) is 0 Å². The van der Waals surface area contributed by atoms with Gasteiger partial charge in [-0.25, -0.2) is 0 Å². The van der Waals surface area contributed by atoms with Gasteiger partial charge in [-0.05, 0) is 78.3 Å². The molecule has 0 aromatic rings. The van der Waals surface area contributed by atoms with Gasteiger partial charge in [0.05, 0.1) is 0 Å². The molecule has 0 aliphatic rings. The summed E-state index contributed by atoms with van der Waals surface area (Å²) in [4.78, 5) is 48.9. The molecule has 3 N–H and O–H groups in total. The third kappa shape index (κ3) is 40.2. The van der Waals surface area contributed by atoms with Gasteiger partial charge in [-0.1, -0.05) is 148 Å². The van der Waals surface area contributed by atoms with Gasteiger partial charge in [-0.2, -0.15) is 0 Å². The Morgan fingerprint density at radius 1 is 0.440 bits per heavy atom. The van der Waals surface area contributed by atoms with Gasteiger partial charge in [0.2, 0.25) is 23.6 Å². The molecule has 0 bridgehead atoms. The Bertz CT molecular complexity index is 855. The van der Waals surface area contributed by atoms with Gasteiger partial charge in [-0.3, -0.25) is 29.8 Å². The molecule has 0 aliphatic heterocycles. The van der Waals surface area contributed by atoms with Gasteiger partial charge in [0.1, 0.15) is 0 Å². The van der Waals surface area contributed by atoms with E-state index in [0.717, 1.165) is 64.2 Å². The number of hydrogen-bond donors (Lipinski definition) is 3. The number of carbonyl (C=O) groups is 4. The molecule has 0 radical (unpaired) electrons. The van der Waals surface area contributed by atoms with Gasteiger partial charge < -0.3 is 5.32 Å². The Hall–Kier alpha value is -2.28. The van der Waals surface area contributed by atoms with E-state index in [2.05, 4.69) is 54.1 Å². The molecule has 0 spiro atoms. The lowest BCUT2D eigenvalue weighted by Crippen LogP contribution is -2.38. The highest BCUT2D eigenvalue weighted by molar-refractivity contribution is 6.00. The second-order valence-corrected chi connectivity index (χ2v) is 14.2. The fourth-order valence-corrected chi connectivity index (χ4v) is 5.68. The van der Waals surface area contributed by atoms with Crippen molar-refractivity contribution >= 4 is 23.6 Å². The lowest BCUT2D eigenvalue weighted by atomic mass is 10.1. The largest absolute Gasteiger partial charge is 0.323 e. The van der Waals surface area contributed by atoms with Crippen LogP contribution in [0.2, 0.25) is 0 Å². The topological polar surface area (TPSA) is 104 Å². The lowest BCUT2D eigenvalue weighted by Gasteiger charge is -2.11. The Morgan fingerprint density at radius 2 is 0.740 bits per heavy atom. The molecule has 0 aromatic heterocycles. The molecule has 0 aromatic carbocycles. The van der Waals surface area contributed by atoms with Gasteiger partial charge in [-0.15, -0.1) is 0 Å². The van der Waals surface area contributed by atoms with Crippen LogP contribution in [0.15, 0.2) is 24.3 Å². The third-order valence-electron chi connectivity index (χ3n) is 8.81. The first-order valence-electron chi connectivity index (χ1n) is 20.9. The first-order valence-corrected chi connectivity index (χ1v) is 20.9. The standard InChI is InChI=1S/C41H74N2O4.C2H7N/c1-4-6-8-10-12-14-16-18-20-22-24-26-28-30-32-34-38(44)42-40(46)36-37(3)41(47)43-39(45)35-33-31-29-27-25-23-21-19-17-15-13-11-9-7-5-2;1-3-2/h18-21,37H,4-17,22-36H2,1-3H3,(H,42,44,46)(H,43,45,47);3H,1-2H3/b20-18-,21-19-;. The average Bonchev–Trinajstić information content (AvgIpc) is 3.08. The van der Waals surface area contributed by atoms with Crippen molar-refractivity contribution in [3.05, 3.63) is 24.3 Å². The van der Waals surface area contributed by atoms with Crippen LogP contribution >= 0.6 is 0 Å². The van der Waals surface area contributed by atoms with Crippen LogP contribution in [0.25, 0.3) is 0 Å². The maximum absolute atomic E-state index is 12.4. The minimum Gasteiger partial charge on any atom is -0.323 e. The summed E-state index contributed by atoms with van der Waals surface area (Å²) in [5.41, 5.74) is 0. The second kappa shape index (κ2) is 41.1. The molecule has 4 amide bonds. The normalized spacial score (nSPS) is 11.8. The Balaban J connectivity index is 0. The average molecular weight is 704 g/mol. The zero-order chi connectivity index (χ0) is 37.3. The summed E-state index contributed by atoms with van der Waals surface area (Å²) >= 11 is 0. The number of allylic oxidation sites excluding steroid dienone is 4. The van der Waals surface area contributed by atoms with E-state index in [9.17, 15) is 19.2 Å². The number of hydrogen-bond acceptors (Lipinski definition) is 5. The summed E-state index contributed by atoms with van der Waals surface area (Å²) in [6.45, 7) is 6.11. The van der Waals surface area contributed by atoms with Gasteiger partial charge in [0.15, 0.2) is 0 Å². The Kier molecular flexibility index (Phi) is 41.0. The zero-order valence-electron chi connectivity index (χ0n) is 33.5. The van der Waals surface area contributed by atoms with Gasteiger partial charge in [0, 0.05) is 25.2 Å². The summed E-state index contributed by atoms with van der Waals surface area (Å²) in [5.74, 6) is -2.17. The summed E-state index contributed by atoms with van der Waals surface area (Å²) in [5, 5.41) is 7.56. The third-order valence-corrected chi connectivity index (χ3v) is 8.81. The summed E-state index contributed by atoms with van der Waals surface area (Å²) < 4.78 is 0. The molecule has 0 aliphatic carbocycles. The molecule has 0 saturated carbocycles. The fourth-order valence-electron chi connectivity index (χ4n) is 5.68. The van der Waals surface area contributed by atoms with Crippen LogP contribution in [0.4, 0.5) is 0 Å². The maximum atomic E-state index is 12.4. The lowest BCUT2D eigenvalue weighted by molar-refractivity contribution is -0.137. The van der Waals surface area contributed by atoms with Gasteiger partial charge >= 0.3 is 0 Å². The van der Waals surface area contributed by atoms with Crippen molar-refractivity contribution in [2.45, 2.75) is 207 Å². The number of unbranched alkanes of at least 4 members (excludes halogenated alkanes) is 22. The van der Waals surface area contributed by atoms with Crippen molar-refractivity contribution in [2.24, 2.45) is 5.92 Å². The van der Waals surface area contributed by atoms with Crippen molar-refractivity contribution in [3.8, 4) is 0 Å². The SMILES string of the molecule is CCCCCCCC/C=C\CCCCCCCC(=O)NC(=O)CC(C)C(=O)NC(=O)CCCCCCC/C=C\CCCCCCCC.CNC. The van der Waals surface area contributed by atoms with Crippen molar-refractivity contribution in [1.82, 2.24) is 16.0 Å². The predicted molar refractivity (Wildman–Crippen MR) is 214 cm³/mol. The first kappa shape index (κ1) is 49.8. The van der Waals surface area contributed by atoms with Crippen LogP contribution in [0.3, 0.4) is 0 Å². The highest BCUT2D eigenvalue weighted by atomic mass is 16.2.